The van der Waals surface area contributed by atoms with Crippen LogP contribution in [0.25, 0.3) is 17.5 Å². The molecule has 3 rings (SSSR count). The van der Waals surface area contributed by atoms with Crippen molar-refractivity contribution in [3.8, 4) is 11.4 Å². The zero-order valence-corrected chi connectivity index (χ0v) is 19.8. The van der Waals surface area contributed by atoms with Crippen LogP contribution < -0.4 is 10.0 Å². The molecular weight excluding hydrogens is 503 g/mol. The van der Waals surface area contributed by atoms with Gasteiger partial charge in [0.15, 0.2) is 5.82 Å². The van der Waals surface area contributed by atoms with E-state index in [1.54, 1.807) is 24.3 Å². The largest absolute Gasteiger partial charge is 0.326 e. The summed E-state index contributed by atoms with van der Waals surface area (Å²) in [7, 11) is -3.72. The third-order valence-corrected chi connectivity index (χ3v) is 6.52. The van der Waals surface area contributed by atoms with Gasteiger partial charge >= 0.3 is 0 Å². The molecule has 0 fully saturated rings. The first-order valence-electron chi connectivity index (χ1n) is 8.66. The summed E-state index contributed by atoms with van der Waals surface area (Å²) < 4.78 is 31.3. The molecule has 0 aliphatic heterocycles. The normalized spacial score (nSPS) is 11.6. The number of benzene rings is 2. The second-order valence-corrected chi connectivity index (χ2v) is 10.0. The van der Waals surface area contributed by atoms with E-state index in [9.17, 15) is 13.2 Å². The lowest BCUT2D eigenvalue weighted by atomic mass is 10.2. The van der Waals surface area contributed by atoms with Gasteiger partial charge in [-0.05, 0) is 36.4 Å². The summed E-state index contributed by atoms with van der Waals surface area (Å²) >= 11 is 19.0. The van der Waals surface area contributed by atoms with Gasteiger partial charge in [0.05, 0.1) is 15.8 Å². The number of halogens is 3. The van der Waals surface area contributed by atoms with Gasteiger partial charge in [0.1, 0.15) is 0 Å². The van der Waals surface area contributed by atoms with Crippen LogP contribution in [0.4, 0.5) is 10.8 Å². The fraction of sp³-hybridized carbons (Fsp3) is 0.105. The zero-order valence-electron chi connectivity index (χ0n) is 15.9. The molecule has 7 nitrogen and oxygen atoms in total. The number of carbonyl (C=O) groups is 1. The molecule has 162 valence electrons. The Morgan fingerprint density at radius 3 is 2.39 bits per heavy atom. The van der Waals surface area contributed by atoms with Crippen LogP contribution in [0.5, 0.6) is 0 Å². The maximum Gasteiger partial charge on any atom is 0.238 e. The minimum absolute atomic E-state index is 0.136. The first-order chi connectivity index (χ1) is 14.6. The highest BCUT2D eigenvalue weighted by Gasteiger charge is 2.14. The van der Waals surface area contributed by atoms with Gasteiger partial charge in [-0.2, -0.15) is 9.36 Å². The summed E-state index contributed by atoms with van der Waals surface area (Å²) in [5.41, 5.74) is 1.80. The van der Waals surface area contributed by atoms with Gasteiger partial charge in [0.2, 0.25) is 21.1 Å². The number of rotatable bonds is 7. The molecule has 0 radical (unpaired) electrons. The van der Waals surface area contributed by atoms with E-state index >= 15 is 0 Å². The van der Waals surface area contributed by atoms with E-state index in [1.807, 2.05) is 0 Å². The van der Waals surface area contributed by atoms with Gasteiger partial charge in [0.25, 0.3) is 0 Å². The van der Waals surface area contributed by atoms with Crippen molar-refractivity contribution in [2.45, 2.75) is 6.92 Å². The fourth-order valence-electron chi connectivity index (χ4n) is 2.47. The molecule has 1 aromatic heterocycles. The molecule has 1 amide bonds. The van der Waals surface area contributed by atoms with Crippen LogP contribution in [0.3, 0.4) is 0 Å². The molecule has 1 heterocycles. The minimum Gasteiger partial charge on any atom is -0.326 e. The predicted molar refractivity (Wildman–Crippen MR) is 128 cm³/mol. The van der Waals surface area contributed by atoms with Crippen molar-refractivity contribution in [2.24, 2.45) is 0 Å². The lowest BCUT2D eigenvalue weighted by Crippen LogP contribution is -2.15. The topological polar surface area (TPSA) is 101 Å². The fourth-order valence-corrected chi connectivity index (χ4v) is 5.13. The van der Waals surface area contributed by atoms with Crippen LogP contribution in [0.1, 0.15) is 12.5 Å². The number of aromatic nitrogens is 2. The quantitative estimate of drug-likeness (QED) is 0.426. The Hall–Kier alpha value is -2.17. The van der Waals surface area contributed by atoms with Crippen LogP contribution in [0.2, 0.25) is 15.1 Å². The molecule has 3 aromatic rings. The number of carbonyl (C=O) groups excluding carboxylic acids is 1. The van der Waals surface area contributed by atoms with Crippen LogP contribution >= 0.6 is 46.3 Å². The first kappa shape index (κ1) is 23.5. The molecule has 0 aliphatic rings. The highest BCUT2D eigenvalue weighted by atomic mass is 35.5. The molecule has 2 aromatic carbocycles. The zero-order chi connectivity index (χ0) is 22.6. The van der Waals surface area contributed by atoms with Crippen molar-refractivity contribution >= 4 is 79.2 Å². The second-order valence-electron chi connectivity index (χ2n) is 6.25. The minimum atomic E-state index is -3.72. The standard InChI is InChI=1S/C19H15Cl3N4O3S2/c1-11(27)23-14-6-4-12(5-7-14)18-24-19(30-25-18)26-31(28,29)8-2-3-15-16(21)9-13(20)10-17(15)22/h2-7,9-10H,8H2,1H3,(H,23,27)(H,24,25,26). The summed E-state index contributed by atoms with van der Waals surface area (Å²) in [5, 5.41) is 3.82. The second kappa shape index (κ2) is 9.97. The van der Waals surface area contributed by atoms with Crippen LogP contribution in [0.15, 0.2) is 42.5 Å². The first-order valence-corrected chi connectivity index (χ1v) is 12.2. The number of amides is 1. The van der Waals surface area contributed by atoms with E-state index < -0.39 is 10.0 Å². The van der Waals surface area contributed by atoms with Crippen molar-refractivity contribution in [2.75, 3.05) is 15.8 Å². The van der Waals surface area contributed by atoms with Crippen molar-refractivity contribution in [1.82, 2.24) is 9.36 Å². The smallest absolute Gasteiger partial charge is 0.238 e. The van der Waals surface area contributed by atoms with E-state index in [0.29, 0.717) is 37.7 Å². The van der Waals surface area contributed by atoms with Gasteiger partial charge in [-0.1, -0.05) is 47.0 Å². The molecule has 0 aliphatic carbocycles. The highest BCUT2D eigenvalue weighted by molar-refractivity contribution is 7.93. The average Bonchev–Trinajstić information content (AvgIpc) is 3.11. The van der Waals surface area contributed by atoms with E-state index in [0.717, 1.165) is 11.5 Å². The summed E-state index contributed by atoms with van der Waals surface area (Å²) in [6, 6.07) is 9.92. The Kier molecular flexibility index (Phi) is 7.55. The van der Waals surface area contributed by atoms with E-state index in [2.05, 4.69) is 19.4 Å². The average molecular weight is 518 g/mol. The Labute approximate surface area is 198 Å². The van der Waals surface area contributed by atoms with Gasteiger partial charge in [-0.25, -0.2) is 8.42 Å². The predicted octanol–water partition coefficient (Wildman–Crippen LogP) is 5.58. The molecule has 0 atom stereocenters. The SMILES string of the molecule is CC(=O)Nc1ccc(-c2nsc(NS(=O)(=O)CC=Cc3c(Cl)cc(Cl)cc3Cl)n2)cc1. The highest BCUT2D eigenvalue weighted by Crippen LogP contribution is 2.30. The third kappa shape index (κ3) is 6.65. The lowest BCUT2D eigenvalue weighted by molar-refractivity contribution is -0.114. The maximum absolute atomic E-state index is 12.4. The molecule has 0 saturated carbocycles. The van der Waals surface area contributed by atoms with E-state index in [-0.39, 0.29) is 16.8 Å². The molecule has 2 N–H and O–H groups in total. The van der Waals surface area contributed by atoms with Crippen molar-refractivity contribution in [3.05, 3.63) is 63.1 Å². The number of nitrogens with zero attached hydrogens (tertiary/aromatic N) is 2. The number of anilines is 2. The summed E-state index contributed by atoms with van der Waals surface area (Å²) in [4.78, 5) is 15.3. The summed E-state index contributed by atoms with van der Waals surface area (Å²) in [6.45, 7) is 1.42. The molecule has 0 spiro atoms. The summed E-state index contributed by atoms with van der Waals surface area (Å²) in [5.74, 6) is -0.124. The van der Waals surface area contributed by atoms with Gasteiger partial charge in [-0.3, -0.25) is 9.52 Å². The Balaban J connectivity index is 1.66. The van der Waals surface area contributed by atoms with Crippen LogP contribution in [-0.2, 0) is 14.8 Å². The lowest BCUT2D eigenvalue weighted by Gasteiger charge is -2.04. The van der Waals surface area contributed by atoms with Gasteiger partial charge < -0.3 is 5.32 Å². The van der Waals surface area contributed by atoms with Crippen LogP contribution in [0, 0.1) is 0 Å². The van der Waals surface area contributed by atoms with Crippen molar-refractivity contribution < 1.29 is 13.2 Å². The third-order valence-electron chi connectivity index (χ3n) is 3.78. The maximum atomic E-state index is 12.4. The molecular formula is C19H15Cl3N4O3S2. The number of hydrogen-bond donors (Lipinski definition) is 2. The molecule has 12 heteroatoms. The number of sulfonamides is 1. The molecule has 31 heavy (non-hydrogen) atoms. The Morgan fingerprint density at radius 1 is 1.13 bits per heavy atom. The van der Waals surface area contributed by atoms with Gasteiger partial charge in [0, 0.05) is 40.3 Å². The van der Waals surface area contributed by atoms with E-state index in [4.69, 9.17) is 34.8 Å². The van der Waals surface area contributed by atoms with Gasteiger partial charge in [-0.15, -0.1) is 0 Å². The van der Waals surface area contributed by atoms with Crippen LogP contribution in [-0.4, -0.2) is 29.4 Å². The Bertz CT molecular complexity index is 1220. The van der Waals surface area contributed by atoms with E-state index in [1.165, 1.54) is 31.2 Å². The Morgan fingerprint density at radius 2 is 1.77 bits per heavy atom. The van der Waals surface area contributed by atoms with Crippen molar-refractivity contribution in [1.29, 1.82) is 0 Å². The molecule has 0 unspecified atom stereocenters. The molecule has 0 bridgehead atoms. The summed E-state index contributed by atoms with van der Waals surface area (Å²) in [6.07, 6.45) is 2.94. The van der Waals surface area contributed by atoms with Crippen molar-refractivity contribution in [3.63, 3.8) is 0 Å². The number of hydrogen-bond acceptors (Lipinski definition) is 6. The molecule has 0 saturated heterocycles. The number of nitrogens with one attached hydrogen (secondary N) is 2. The monoisotopic (exact) mass is 516 g/mol.